The van der Waals surface area contributed by atoms with Crippen molar-refractivity contribution in [2.24, 2.45) is 0 Å². The molecule has 240 valence electrons. The maximum atomic E-state index is 4.78. The molecule has 4 heteroatoms. The third-order valence-electron chi connectivity index (χ3n) is 11.1. The fourth-order valence-corrected chi connectivity index (χ4v) is 10.8. The van der Waals surface area contributed by atoms with Crippen molar-refractivity contribution < 1.29 is 4.57 Å². The van der Waals surface area contributed by atoms with Gasteiger partial charge < -0.3 is 4.90 Å². The highest BCUT2D eigenvalue weighted by atomic mass is 32.2. The summed E-state index contributed by atoms with van der Waals surface area (Å²) in [4.78, 5) is 4.98. The molecule has 0 N–H and O–H groups in total. The van der Waals surface area contributed by atoms with Crippen LogP contribution in [0.15, 0.2) is 156 Å². The predicted molar refractivity (Wildman–Crippen MR) is 214 cm³/mol. The van der Waals surface area contributed by atoms with Gasteiger partial charge >= 0.3 is 0 Å². The van der Waals surface area contributed by atoms with E-state index < -0.39 is 0 Å². The molecule has 0 amide bonds. The van der Waals surface area contributed by atoms with Gasteiger partial charge in [-0.25, -0.2) is 0 Å². The Hall–Kier alpha value is -5.16. The number of anilines is 3. The molecule has 0 spiro atoms. The Morgan fingerprint density at radius 2 is 1.34 bits per heavy atom. The molecule has 0 saturated heterocycles. The standard InChI is InChI=1S/C46H35N2S2/c1-4-46(5-2)29(3)34-22-20-33(28-38(34)45-35-13-7-6-12-30(35)24-25-47(45)46)48-39-15-9-11-17-42(39)50-44-27-32(19-23-40(44)48)31-18-21-37-36-14-8-10-16-41(36)49-43(37)26-31/h6-28H,3-5H2,1-2H3/q+1. The number of nitrogens with zero attached hydrogens (tertiary/aromatic N) is 2. The maximum Gasteiger partial charge on any atom is 0.221 e. The minimum absolute atomic E-state index is 0.163. The smallest absolute Gasteiger partial charge is 0.221 e. The monoisotopic (exact) mass is 679 g/mol. The van der Waals surface area contributed by atoms with E-state index in [9.17, 15) is 0 Å². The Labute approximate surface area is 301 Å². The fraction of sp³-hybridized carbons (Fsp3) is 0.109. The van der Waals surface area contributed by atoms with Crippen LogP contribution in [-0.2, 0) is 5.54 Å². The minimum atomic E-state index is -0.163. The summed E-state index contributed by atoms with van der Waals surface area (Å²) >= 11 is 3.74. The van der Waals surface area contributed by atoms with Gasteiger partial charge in [-0.15, -0.1) is 11.3 Å². The van der Waals surface area contributed by atoms with Gasteiger partial charge in [0, 0.05) is 60.1 Å². The highest BCUT2D eigenvalue weighted by Gasteiger charge is 2.47. The summed E-state index contributed by atoms with van der Waals surface area (Å²) in [5.41, 5.74) is 10.9. The molecule has 4 heterocycles. The molecule has 0 aliphatic carbocycles. The normalized spacial score (nSPS) is 14.4. The number of fused-ring (bicyclic) bond motifs is 10. The molecular weight excluding hydrogens is 645 g/mol. The van der Waals surface area contributed by atoms with Crippen LogP contribution in [0.3, 0.4) is 0 Å². The first-order valence-electron chi connectivity index (χ1n) is 17.5. The van der Waals surface area contributed by atoms with Crippen LogP contribution in [0.1, 0.15) is 32.3 Å². The summed E-state index contributed by atoms with van der Waals surface area (Å²) in [5.74, 6) is 0. The van der Waals surface area contributed by atoms with E-state index in [-0.39, 0.29) is 5.54 Å². The van der Waals surface area contributed by atoms with Gasteiger partial charge in [-0.2, -0.15) is 4.57 Å². The first kappa shape index (κ1) is 29.7. The lowest BCUT2D eigenvalue weighted by atomic mass is 9.75. The van der Waals surface area contributed by atoms with E-state index >= 15 is 0 Å². The Bertz CT molecular complexity index is 2700. The Morgan fingerprint density at radius 3 is 2.22 bits per heavy atom. The third kappa shape index (κ3) is 4.19. The van der Waals surface area contributed by atoms with E-state index in [1.807, 2.05) is 23.1 Å². The lowest BCUT2D eigenvalue weighted by Crippen LogP contribution is -2.59. The Morgan fingerprint density at radius 1 is 0.620 bits per heavy atom. The van der Waals surface area contributed by atoms with Gasteiger partial charge in [0.15, 0.2) is 11.7 Å². The first-order chi connectivity index (χ1) is 24.6. The average molecular weight is 680 g/mol. The lowest BCUT2D eigenvalue weighted by Gasteiger charge is -2.37. The van der Waals surface area contributed by atoms with Gasteiger partial charge in [0.25, 0.3) is 0 Å². The van der Waals surface area contributed by atoms with Crippen molar-refractivity contribution >= 4 is 76.7 Å². The molecule has 8 aromatic rings. The Balaban J connectivity index is 1.14. The number of para-hydroxylation sites is 1. The fourth-order valence-electron chi connectivity index (χ4n) is 8.51. The molecule has 6 aromatic carbocycles. The van der Waals surface area contributed by atoms with Crippen molar-refractivity contribution in [2.75, 3.05) is 4.90 Å². The van der Waals surface area contributed by atoms with E-state index in [2.05, 4.69) is 163 Å². The number of rotatable bonds is 4. The third-order valence-corrected chi connectivity index (χ3v) is 13.4. The van der Waals surface area contributed by atoms with Crippen molar-refractivity contribution in [1.82, 2.24) is 0 Å². The lowest BCUT2D eigenvalue weighted by molar-refractivity contribution is -0.740. The summed E-state index contributed by atoms with van der Waals surface area (Å²) < 4.78 is 5.19. The number of hydrogen-bond acceptors (Lipinski definition) is 3. The highest BCUT2D eigenvalue weighted by Crippen LogP contribution is 2.54. The number of aromatic nitrogens is 1. The quantitative estimate of drug-likeness (QED) is 0.171. The molecule has 10 rings (SSSR count). The summed E-state index contributed by atoms with van der Waals surface area (Å²) in [5, 5.41) is 5.21. The van der Waals surface area contributed by atoms with Crippen LogP contribution in [0.4, 0.5) is 17.1 Å². The molecule has 50 heavy (non-hydrogen) atoms. The van der Waals surface area contributed by atoms with Crippen LogP contribution in [0.25, 0.3) is 58.9 Å². The predicted octanol–water partition coefficient (Wildman–Crippen LogP) is 13.3. The van der Waals surface area contributed by atoms with E-state index in [1.54, 1.807) is 0 Å². The minimum Gasteiger partial charge on any atom is -0.308 e. The van der Waals surface area contributed by atoms with E-state index in [4.69, 9.17) is 6.58 Å². The molecule has 0 fully saturated rings. The van der Waals surface area contributed by atoms with Gasteiger partial charge in [-0.3, -0.25) is 0 Å². The van der Waals surface area contributed by atoms with E-state index in [0.29, 0.717) is 0 Å². The largest absolute Gasteiger partial charge is 0.308 e. The van der Waals surface area contributed by atoms with Gasteiger partial charge in [0.1, 0.15) is 0 Å². The Kier molecular flexibility index (Phi) is 6.65. The van der Waals surface area contributed by atoms with Crippen molar-refractivity contribution in [3.8, 4) is 22.4 Å². The average Bonchev–Trinajstić information content (AvgIpc) is 3.55. The second-order valence-corrected chi connectivity index (χ2v) is 15.6. The van der Waals surface area contributed by atoms with Crippen molar-refractivity contribution in [1.29, 1.82) is 0 Å². The van der Waals surface area contributed by atoms with Crippen molar-refractivity contribution in [3.05, 3.63) is 152 Å². The number of thiophene rings is 1. The molecule has 0 atom stereocenters. The second kappa shape index (κ2) is 11.2. The number of hydrogen-bond donors (Lipinski definition) is 0. The number of pyridine rings is 1. The zero-order valence-corrected chi connectivity index (χ0v) is 29.7. The van der Waals surface area contributed by atoms with Crippen LogP contribution in [0.5, 0.6) is 0 Å². The number of allylic oxidation sites excluding steroid dienone is 1. The SMILES string of the molecule is C=C1c2ccc(N3c4ccccc4Sc4cc(-c5ccc6c(c5)sc5ccccc56)ccc43)cc2-c2c3ccccc3cc[n+]2C1(CC)CC. The van der Waals surface area contributed by atoms with Gasteiger partial charge in [-0.1, -0.05) is 105 Å². The van der Waals surface area contributed by atoms with Crippen LogP contribution in [0, 0.1) is 0 Å². The van der Waals surface area contributed by atoms with Crippen LogP contribution < -0.4 is 9.47 Å². The molecule has 2 aliphatic rings. The van der Waals surface area contributed by atoms with E-state index in [0.717, 1.165) is 18.5 Å². The van der Waals surface area contributed by atoms with Crippen LogP contribution in [-0.4, -0.2) is 0 Å². The summed E-state index contributed by atoms with van der Waals surface area (Å²) in [6, 6.07) is 49.6. The summed E-state index contributed by atoms with van der Waals surface area (Å²) in [6.45, 7) is 9.38. The molecule has 0 unspecified atom stereocenters. The number of benzene rings is 6. The second-order valence-electron chi connectivity index (χ2n) is 13.5. The summed E-state index contributed by atoms with van der Waals surface area (Å²) in [6.07, 6.45) is 4.27. The molecule has 0 radical (unpaired) electrons. The highest BCUT2D eigenvalue weighted by molar-refractivity contribution is 7.99. The molecule has 0 saturated carbocycles. The van der Waals surface area contributed by atoms with Gasteiger partial charge in [-0.05, 0) is 76.7 Å². The molecular formula is C46H35N2S2+. The topological polar surface area (TPSA) is 7.12 Å². The molecule has 2 aromatic heterocycles. The summed E-state index contributed by atoms with van der Waals surface area (Å²) in [7, 11) is 0. The van der Waals surface area contributed by atoms with Crippen LogP contribution >= 0.6 is 23.1 Å². The van der Waals surface area contributed by atoms with Gasteiger partial charge in [0.2, 0.25) is 5.69 Å². The van der Waals surface area contributed by atoms with E-state index in [1.165, 1.54) is 85.6 Å². The zero-order valence-electron chi connectivity index (χ0n) is 28.1. The molecule has 0 bridgehead atoms. The van der Waals surface area contributed by atoms with Crippen LogP contribution in [0.2, 0.25) is 0 Å². The van der Waals surface area contributed by atoms with Crippen molar-refractivity contribution in [2.45, 2.75) is 42.0 Å². The molecule has 2 aliphatic heterocycles. The molecule has 2 nitrogen and oxygen atoms in total. The van der Waals surface area contributed by atoms with Gasteiger partial charge in [0.05, 0.1) is 22.3 Å². The first-order valence-corrected chi connectivity index (χ1v) is 19.1. The van der Waals surface area contributed by atoms with Crippen molar-refractivity contribution in [3.63, 3.8) is 0 Å². The maximum absolute atomic E-state index is 4.78. The zero-order chi connectivity index (χ0) is 33.6.